The van der Waals surface area contributed by atoms with E-state index in [0.29, 0.717) is 13.2 Å². The molecule has 37 heavy (non-hydrogen) atoms. The largest absolute Gasteiger partial charge is 0.489 e. The molecule has 0 radical (unpaired) electrons. The average molecular weight is 489 g/mol. The lowest BCUT2D eigenvalue weighted by Crippen LogP contribution is -2.02. The highest BCUT2D eigenvalue weighted by Gasteiger charge is 2.15. The lowest BCUT2D eigenvalue weighted by Gasteiger charge is -2.19. The van der Waals surface area contributed by atoms with E-state index in [2.05, 4.69) is 94.5 Å². The molecule has 2 heteroatoms. The Balaban J connectivity index is 1.63. The van der Waals surface area contributed by atoms with Crippen molar-refractivity contribution in [3.8, 4) is 11.5 Å². The van der Waals surface area contributed by atoms with Gasteiger partial charge in [-0.3, -0.25) is 0 Å². The summed E-state index contributed by atoms with van der Waals surface area (Å²) >= 11 is 0. The van der Waals surface area contributed by atoms with Crippen LogP contribution in [-0.4, -0.2) is 0 Å². The molecule has 0 spiro atoms. The Kier molecular flexibility index (Phi) is 8.64. The van der Waals surface area contributed by atoms with E-state index in [-0.39, 0.29) is 0 Å². The molecule has 0 atom stereocenters. The summed E-state index contributed by atoms with van der Waals surface area (Å²) in [5, 5.41) is 0. The summed E-state index contributed by atoms with van der Waals surface area (Å²) in [4.78, 5) is 0. The lowest BCUT2D eigenvalue weighted by atomic mass is 9.89. The molecule has 0 aliphatic heterocycles. The van der Waals surface area contributed by atoms with Gasteiger partial charge < -0.3 is 9.47 Å². The van der Waals surface area contributed by atoms with Crippen LogP contribution in [0.15, 0.2) is 103 Å². The Labute approximate surface area is 221 Å². The summed E-state index contributed by atoms with van der Waals surface area (Å²) in [5.74, 6) is 1.85. The zero-order chi connectivity index (χ0) is 26.2. The summed E-state index contributed by atoms with van der Waals surface area (Å²) in [6.45, 7) is 11.7. The molecule has 4 aromatic rings. The van der Waals surface area contributed by atoms with Gasteiger partial charge in [0.05, 0.1) is 0 Å². The Morgan fingerprint density at radius 2 is 1.03 bits per heavy atom. The van der Waals surface area contributed by atoms with Crippen molar-refractivity contribution in [2.45, 2.75) is 47.8 Å². The number of ether oxygens (including phenoxy) is 2. The molecule has 0 N–H and O–H groups in total. The highest BCUT2D eigenvalue weighted by atomic mass is 16.5. The third-order valence-corrected chi connectivity index (χ3v) is 6.55. The third kappa shape index (κ3) is 6.59. The zero-order valence-electron chi connectivity index (χ0n) is 22.5. The van der Waals surface area contributed by atoms with Crippen molar-refractivity contribution in [3.63, 3.8) is 0 Å². The molecule has 0 heterocycles. The molecule has 2 nitrogen and oxygen atoms in total. The van der Waals surface area contributed by atoms with Gasteiger partial charge in [0.25, 0.3) is 0 Å². The second-order valence-electron chi connectivity index (χ2n) is 9.52. The Bertz CT molecular complexity index is 1300. The molecule has 0 saturated heterocycles. The number of aryl methyl sites for hydroxylation is 4. The van der Waals surface area contributed by atoms with E-state index in [1.54, 1.807) is 0 Å². The fourth-order valence-electron chi connectivity index (χ4n) is 4.46. The lowest BCUT2D eigenvalue weighted by molar-refractivity contribution is 0.304. The Morgan fingerprint density at radius 1 is 0.595 bits per heavy atom. The van der Waals surface area contributed by atoms with Crippen LogP contribution < -0.4 is 9.47 Å². The van der Waals surface area contributed by atoms with Crippen molar-refractivity contribution >= 4 is 5.57 Å². The maximum absolute atomic E-state index is 6.20. The van der Waals surface area contributed by atoms with Crippen LogP contribution in [-0.2, 0) is 13.2 Å². The fourth-order valence-corrected chi connectivity index (χ4v) is 4.46. The van der Waals surface area contributed by atoms with Crippen LogP contribution in [0.4, 0.5) is 0 Å². The van der Waals surface area contributed by atoms with Crippen molar-refractivity contribution in [2.24, 2.45) is 0 Å². The van der Waals surface area contributed by atoms with E-state index in [0.717, 1.165) is 33.8 Å². The zero-order valence-corrected chi connectivity index (χ0v) is 22.5. The predicted octanol–water partition coefficient (Wildman–Crippen LogP) is 9.09. The van der Waals surface area contributed by atoms with Gasteiger partial charge in [-0.2, -0.15) is 0 Å². The van der Waals surface area contributed by atoms with Gasteiger partial charge in [0, 0.05) is 0 Å². The molecule has 0 bridgehead atoms. The van der Waals surface area contributed by atoms with Gasteiger partial charge in [-0.1, -0.05) is 78.9 Å². The number of hydrogen-bond donors (Lipinski definition) is 0. The molecule has 0 aliphatic rings. The van der Waals surface area contributed by atoms with Gasteiger partial charge in [-0.25, -0.2) is 0 Å². The van der Waals surface area contributed by atoms with Crippen LogP contribution in [0.5, 0.6) is 11.5 Å². The Morgan fingerprint density at radius 3 is 1.43 bits per heavy atom. The van der Waals surface area contributed by atoms with Gasteiger partial charge in [-0.15, -0.1) is 0 Å². The smallest absolute Gasteiger partial charge is 0.123 e. The molecule has 0 fully saturated rings. The SMILES string of the molecule is CC=CC=C(c1cc(C)c(OCc2ccccc2)cc1C)c1cc(C)c(OCc2ccccc2)cc1C. The monoisotopic (exact) mass is 488 g/mol. The van der Waals surface area contributed by atoms with Crippen molar-refractivity contribution in [2.75, 3.05) is 0 Å². The first-order chi connectivity index (χ1) is 18.0. The summed E-state index contributed by atoms with van der Waals surface area (Å²) in [5.41, 5.74) is 10.6. The first-order valence-electron chi connectivity index (χ1n) is 12.9. The van der Waals surface area contributed by atoms with Gasteiger partial charge in [-0.05, 0) is 109 Å². The van der Waals surface area contributed by atoms with Crippen LogP contribution in [0.25, 0.3) is 5.57 Å². The van der Waals surface area contributed by atoms with E-state index in [4.69, 9.17) is 9.47 Å². The molecule has 4 rings (SSSR count). The van der Waals surface area contributed by atoms with E-state index in [1.165, 1.54) is 27.8 Å². The third-order valence-electron chi connectivity index (χ3n) is 6.55. The van der Waals surface area contributed by atoms with E-state index >= 15 is 0 Å². The number of rotatable bonds is 9. The first-order valence-corrected chi connectivity index (χ1v) is 12.9. The maximum Gasteiger partial charge on any atom is 0.123 e. The molecule has 0 saturated carbocycles. The minimum absolute atomic E-state index is 0.560. The second kappa shape index (κ2) is 12.3. The number of allylic oxidation sites excluding steroid dienone is 3. The summed E-state index contributed by atoms with van der Waals surface area (Å²) < 4.78 is 12.4. The normalized spacial score (nSPS) is 10.9. The summed E-state index contributed by atoms with van der Waals surface area (Å²) in [6.07, 6.45) is 6.39. The van der Waals surface area contributed by atoms with Gasteiger partial charge in [0.1, 0.15) is 24.7 Å². The maximum atomic E-state index is 6.20. The van der Waals surface area contributed by atoms with Gasteiger partial charge >= 0.3 is 0 Å². The second-order valence-corrected chi connectivity index (χ2v) is 9.52. The molecular weight excluding hydrogens is 452 g/mol. The average Bonchev–Trinajstić information content (AvgIpc) is 2.91. The number of benzene rings is 4. The highest BCUT2D eigenvalue weighted by Crippen LogP contribution is 2.35. The summed E-state index contributed by atoms with van der Waals surface area (Å²) in [7, 11) is 0. The Hall–Kier alpha value is -4.04. The highest BCUT2D eigenvalue weighted by molar-refractivity contribution is 5.85. The summed E-state index contributed by atoms with van der Waals surface area (Å²) in [6, 6.07) is 29.4. The van der Waals surface area contributed by atoms with Crippen molar-refractivity contribution in [3.05, 3.63) is 148 Å². The van der Waals surface area contributed by atoms with E-state index < -0.39 is 0 Å². The van der Waals surface area contributed by atoms with Gasteiger partial charge in [0.15, 0.2) is 0 Å². The van der Waals surface area contributed by atoms with Crippen molar-refractivity contribution in [1.29, 1.82) is 0 Å². The topological polar surface area (TPSA) is 18.5 Å². The van der Waals surface area contributed by atoms with E-state index in [9.17, 15) is 0 Å². The quantitative estimate of drug-likeness (QED) is 0.219. The predicted molar refractivity (Wildman–Crippen MR) is 155 cm³/mol. The molecular formula is C35H36O2. The van der Waals surface area contributed by atoms with Gasteiger partial charge in [0.2, 0.25) is 0 Å². The number of hydrogen-bond acceptors (Lipinski definition) is 2. The van der Waals surface area contributed by atoms with E-state index in [1.807, 2.05) is 43.3 Å². The standard InChI is InChI=1S/C35H36O2/c1-6-7-18-31(32-19-27(4)34(21-25(32)2)36-23-29-14-10-8-11-15-29)33-20-28(5)35(22-26(33)3)37-24-30-16-12-9-13-17-30/h6-22H,23-24H2,1-5H3. The van der Waals surface area contributed by atoms with Crippen LogP contribution in [0.1, 0.15) is 51.4 Å². The minimum Gasteiger partial charge on any atom is -0.489 e. The van der Waals surface area contributed by atoms with Crippen LogP contribution in [0.2, 0.25) is 0 Å². The van der Waals surface area contributed by atoms with Crippen LogP contribution in [0, 0.1) is 27.7 Å². The van der Waals surface area contributed by atoms with Crippen LogP contribution >= 0.6 is 0 Å². The molecule has 188 valence electrons. The molecule has 0 aliphatic carbocycles. The molecule has 0 unspecified atom stereocenters. The molecule has 0 amide bonds. The first kappa shape index (κ1) is 26.0. The minimum atomic E-state index is 0.560. The molecule has 4 aromatic carbocycles. The van der Waals surface area contributed by atoms with Crippen LogP contribution in [0.3, 0.4) is 0 Å². The molecule has 0 aromatic heterocycles. The van der Waals surface area contributed by atoms with Crippen molar-refractivity contribution in [1.82, 2.24) is 0 Å². The van der Waals surface area contributed by atoms with Crippen molar-refractivity contribution < 1.29 is 9.47 Å². The fraction of sp³-hybridized carbons (Fsp3) is 0.200.